The lowest BCUT2D eigenvalue weighted by Crippen LogP contribution is -2.18. The van der Waals surface area contributed by atoms with E-state index in [2.05, 4.69) is 0 Å². The van der Waals surface area contributed by atoms with E-state index in [4.69, 9.17) is 16.2 Å². The molecule has 0 rings (SSSR count). The quantitative estimate of drug-likeness (QED) is 0.498. The molecule has 0 aromatic carbocycles. The zero-order valence-electron chi connectivity index (χ0n) is 6.71. The van der Waals surface area contributed by atoms with E-state index < -0.39 is 5.91 Å². The summed E-state index contributed by atoms with van der Waals surface area (Å²) < 4.78 is 4.93. The van der Waals surface area contributed by atoms with Crippen LogP contribution in [0, 0.1) is 0 Å². The van der Waals surface area contributed by atoms with Gasteiger partial charge in [0.1, 0.15) is 6.61 Å². The molecule has 0 heterocycles. The second kappa shape index (κ2) is 7.50. The van der Waals surface area contributed by atoms with Crippen molar-refractivity contribution < 1.29 is 9.53 Å². The Hall–Kier alpha value is -0.610. The van der Waals surface area contributed by atoms with Gasteiger partial charge in [-0.2, -0.15) is 0 Å². The highest BCUT2D eigenvalue weighted by atomic mass is 16.5. The summed E-state index contributed by atoms with van der Waals surface area (Å²) in [5, 5.41) is 0. The van der Waals surface area contributed by atoms with Crippen LogP contribution in [0.25, 0.3) is 0 Å². The highest BCUT2D eigenvalue weighted by Gasteiger charge is 1.92. The Bertz CT molecular complexity index is 107. The van der Waals surface area contributed by atoms with Gasteiger partial charge in [0.05, 0.1) is 0 Å². The number of unbranched alkanes of at least 4 members (excludes halogenated alkanes) is 2. The summed E-state index contributed by atoms with van der Waals surface area (Å²) in [6, 6.07) is 0. The third kappa shape index (κ3) is 9.39. The van der Waals surface area contributed by atoms with Gasteiger partial charge in [-0.3, -0.25) is 4.79 Å². The van der Waals surface area contributed by atoms with Gasteiger partial charge < -0.3 is 16.2 Å². The van der Waals surface area contributed by atoms with Crippen molar-refractivity contribution in [3.8, 4) is 0 Å². The molecule has 1 amide bonds. The number of amides is 1. The fourth-order valence-corrected chi connectivity index (χ4v) is 0.698. The number of hydrogen-bond donors (Lipinski definition) is 2. The fourth-order valence-electron chi connectivity index (χ4n) is 0.698. The first-order chi connectivity index (χ1) is 5.27. The Morgan fingerprint density at radius 1 is 1.27 bits per heavy atom. The van der Waals surface area contributed by atoms with Gasteiger partial charge in [-0.05, 0) is 25.8 Å². The first-order valence-electron chi connectivity index (χ1n) is 3.83. The molecule has 0 aliphatic rings. The summed E-state index contributed by atoms with van der Waals surface area (Å²) >= 11 is 0. The van der Waals surface area contributed by atoms with Crippen molar-refractivity contribution in [1.82, 2.24) is 0 Å². The van der Waals surface area contributed by atoms with Crippen LogP contribution >= 0.6 is 0 Å². The van der Waals surface area contributed by atoms with Crippen LogP contribution in [-0.2, 0) is 9.53 Å². The van der Waals surface area contributed by atoms with Crippen LogP contribution in [0.5, 0.6) is 0 Å². The van der Waals surface area contributed by atoms with Crippen LogP contribution < -0.4 is 11.5 Å². The number of hydrogen-bond acceptors (Lipinski definition) is 3. The van der Waals surface area contributed by atoms with Gasteiger partial charge in [-0.15, -0.1) is 0 Å². The number of ether oxygens (including phenoxy) is 1. The van der Waals surface area contributed by atoms with Gasteiger partial charge in [0.2, 0.25) is 5.91 Å². The number of carbonyl (C=O) groups excluding carboxylic acids is 1. The van der Waals surface area contributed by atoms with Gasteiger partial charge in [0, 0.05) is 6.61 Å². The summed E-state index contributed by atoms with van der Waals surface area (Å²) in [5.41, 5.74) is 10.1. The standard InChI is InChI=1S/C7H16N2O2/c8-4-2-1-3-5-11-6-7(9)10/h1-6,8H2,(H2,9,10). The topological polar surface area (TPSA) is 78.3 Å². The molecule has 0 atom stereocenters. The Balaban J connectivity index is 2.85. The van der Waals surface area contributed by atoms with Crippen LogP contribution in [0.4, 0.5) is 0 Å². The molecule has 0 unspecified atom stereocenters. The van der Waals surface area contributed by atoms with Gasteiger partial charge in [0.25, 0.3) is 0 Å². The average Bonchev–Trinajstić information content (AvgIpc) is 1.96. The molecule has 0 saturated heterocycles. The van der Waals surface area contributed by atoms with Gasteiger partial charge in [-0.25, -0.2) is 0 Å². The summed E-state index contributed by atoms with van der Waals surface area (Å²) in [4.78, 5) is 10.2. The molecule has 0 aliphatic heterocycles. The fraction of sp³-hybridized carbons (Fsp3) is 0.857. The van der Waals surface area contributed by atoms with E-state index >= 15 is 0 Å². The molecule has 0 aromatic rings. The van der Waals surface area contributed by atoms with Crippen LogP contribution in [0.1, 0.15) is 19.3 Å². The third-order valence-electron chi connectivity index (χ3n) is 1.24. The molecule has 0 saturated carbocycles. The summed E-state index contributed by atoms with van der Waals surface area (Å²) in [6.07, 6.45) is 3.01. The normalized spacial score (nSPS) is 9.91. The predicted molar refractivity (Wildman–Crippen MR) is 42.9 cm³/mol. The first-order valence-corrected chi connectivity index (χ1v) is 3.83. The molecular formula is C7H16N2O2. The highest BCUT2D eigenvalue weighted by Crippen LogP contribution is 1.93. The van der Waals surface area contributed by atoms with Crippen molar-refractivity contribution in [2.75, 3.05) is 19.8 Å². The average molecular weight is 160 g/mol. The Morgan fingerprint density at radius 2 is 2.00 bits per heavy atom. The van der Waals surface area contributed by atoms with E-state index in [9.17, 15) is 4.79 Å². The van der Waals surface area contributed by atoms with E-state index in [1.807, 2.05) is 0 Å². The number of nitrogens with two attached hydrogens (primary N) is 2. The molecule has 11 heavy (non-hydrogen) atoms. The number of carbonyl (C=O) groups is 1. The minimum atomic E-state index is -0.413. The highest BCUT2D eigenvalue weighted by molar-refractivity contribution is 5.74. The van der Waals surface area contributed by atoms with E-state index in [1.54, 1.807) is 0 Å². The maximum absolute atomic E-state index is 10.2. The molecule has 0 spiro atoms. The molecule has 0 bridgehead atoms. The van der Waals surface area contributed by atoms with E-state index in [0.29, 0.717) is 6.61 Å². The second-order valence-corrected chi connectivity index (χ2v) is 2.37. The Labute approximate surface area is 66.9 Å². The number of rotatable bonds is 7. The zero-order chi connectivity index (χ0) is 8.53. The third-order valence-corrected chi connectivity index (χ3v) is 1.24. The van der Waals surface area contributed by atoms with Crippen LogP contribution in [0.15, 0.2) is 0 Å². The lowest BCUT2D eigenvalue weighted by Gasteiger charge is -1.99. The molecule has 0 radical (unpaired) electrons. The Kier molecular flexibility index (Phi) is 7.08. The molecule has 4 heteroatoms. The summed E-state index contributed by atoms with van der Waals surface area (Å²) in [6.45, 7) is 1.35. The maximum Gasteiger partial charge on any atom is 0.243 e. The van der Waals surface area contributed by atoms with Crippen molar-refractivity contribution in [3.05, 3.63) is 0 Å². The largest absolute Gasteiger partial charge is 0.372 e. The second-order valence-electron chi connectivity index (χ2n) is 2.37. The minimum Gasteiger partial charge on any atom is -0.372 e. The van der Waals surface area contributed by atoms with Gasteiger partial charge in [0.15, 0.2) is 0 Å². The zero-order valence-corrected chi connectivity index (χ0v) is 6.71. The number of primary amides is 1. The molecular weight excluding hydrogens is 144 g/mol. The molecule has 66 valence electrons. The van der Waals surface area contributed by atoms with Crippen LogP contribution in [0.2, 0.25) is 0 Å². The van der Waals surface area contributed by atoms with E-state index in [-0.39, 0.29) is 6.61 Å². The lowest BCUT2D eigenvalue weighted by molar-refractivity contribution is -0.122. The lowest BCUT2D eigenvalue weighted by atomic mass is 10.2. The molecule has 4 nitrogen and oxygen atoms in total. The predicted octanol–water partition coefficient (Wildman–Crippen LogP) is -0.383. The molecule has 0 aliphatic carbocycles. The monoisotopic (exact) mass is 160 g/mol. The van der Waals surface area contributed by atoms with Crippen molar-refractivity contribution in [3.63, 3.8) is 0 Å². The first kappa shape index (κ1) is 10.4. The smallest absolute Gasteiger partial charge is 0.243 e. The van der Waals surface area contributed by atoms with Gasteiger partial charge >= 0.3 is 0 Å². The summed E-state index contributed by atoms with van der Waals surface area (Å²) in [7, 11) is 0. The van der Waals surface area contributed by atoms with Crippen molar-refractivity contribution in [2.45, 2.75) is 19.3 Å². The van der Waals surface area contributed by atoms with Crippen molar-refractivity contribution in [1.29, 1.82) is 0 Å². The molecule has 0 fully saturated rings. The maximum atomic E-state index is 10.2. The van der Waals surface area contributed by atoms with Crippen molar-refractivity contribution in [2.24, 2.45) is 11.5 Å². The summed E-state index contributed by atoms with van der Waals surface area (Å²) in [5.74, 6) is -0.413. The minimum absolute atomic E-state index is 0.0304. The molecule has 0 aromatic heterocycles. The Morgan fingerprint density at radius 3 is 2.55 bits per heavy atom. The van der Waals surface area contributed by atoms with E-state index in [1.165, 1.54) is 0 Å². The van der Waals surface area contributed by atoms with Crippen molar-refractivity contribution >= 4 is 5.91 Å². The van der Waals surface area contributed by atoms with E-state index in [0.717, 1.165) is 25.8 Å². The molecule has 4 N–H and O–H groups in total. The van der Waals surface area contributed by atoms with Crippen LogP contribution in [0.3, 0.4) is 0 Å². The van der Waals surface area contributed by atoms with Crippen LogP contribution in [-0.4, -0.2) is 25.7 Å². The SMILES string of the molecule is NCCCCCOCC(N)=O. The van der Waals surface area contributed by atoms with Gasteiger partial charge in [-0.1, -0.05) is 0 Å².